The average Bonchev–Trinajstić information content (AvgIpc) is 2.72. The second kappa shape index (κ2) is 10.8. The first-order valence-electron chi connectivity index (χ1n) is 10.2. The molecule has 2 rings (SSSR count). The molecular formula is C20H24F3N5O6S. The summed E-state index contributed by atoms with van der Waals surface area (Å²) in [4.78, 5) is 31.8. The van der Waals surface area contributed by atoms with Crippen LogP contribution in [-0.4, -0.2) is 55.5 Å². The molecule has 3 N–H and O–H groups in total. The van der Waals surface area contributed by atoms with E-state index in [1.54, 1.807) is 19.9 Å². The Bertz CT molecular complexity index is 1150. The number of esters is 1. The first kappa shape index (κ1) is 27.6. The van der Waals surface area contributed by atoms with Crippen LogP contribution in [0.15, 0.2) is 35.2 Å². The molecule has 0 fully saturated rings. The van der Waals surface area contributed by atoms with Gasteiger partial charge in [-0.05, 0) is 58.0 Å². The van der Waals surface area contributed by atoms with Crippen LogP contribution in [0.2, 0.25) is 0 Å². The third-order valence-corrected chi connectivity index (χ3v) is 5.62. The zero-order valence-electron chi connectivity index (χ0n) is 19.2. The van der Waals surface area contributed by atoms with Gasteiger partial charge in [0.05, 0.1) is 18.1 Å². The zero-order valence-corrected chi connectivity index (χ0v) is 20.0. The molecule has 192 valence electrons. The van der Waals surface area contributed by atoms with Gasteiger partial charge in [-0.1, -0.05) is 0 Å². The highest BCUT2D eigenvalue weighted by molar-refractivity contribution is 7.92. The molecule has 11 nitrogen and oxygen atoms in total. The number of carbonyl (C=O) groups excluding carboxylic acids is 2. The highest BCUT2D eigenvalue weighted by Gasteiger charge is 2.64. The minimum absolute atomic E-state index is 0.179. The van der Waals surface area contributed by atoms with Crippen LogP contribution >= 0.6 is 0 Å². The molecule has 1 amide bonds. The van der Waals surface area contributed by atoms with Gasteiger partial charge in [-0.2, -0.15) is 13.2 Å². The van der Waals surface area contributed by atoms with E-state index in [2.05, 4.69) is 24.2 Å². The largest absolute Gasteiger partial charge is 0.463 e. The minimum Gasteiger partial charge on any atom is -0.463 e. The predicted molar refractivity (Wildman–Crippen MR) is 118 cm³/mol. The van der Waals surface area contributed by atoms with Crippen molar-refractivity contribution in [2.75, 3.05) is 23.3 Å². The fourth-order valence-corrected chi connectivity index (χ4v) is 3.78. The molecule has 1 aromatic heterocycles. The number of hydrogen-bond donors (Lipinski definition) is 3. The Kier molecular flexibility index (Phi) is 8.49. The number of nitrogens with zero attached hydrogens (tertiary/aromatic N) is 2. The molecule has 1 heterocycles. The molecule has 0 aliphatic rings. The molecule has 0 bridgehead atoms. The highest BCUT2D eigenvalue weighted by Crippen LogP contribution is 2.33. The van der Waals surface area contributed by atoms with Crippen molar-refractivity contribution in [1.29, 1.82) is 0 Å². The maximum Gasteiger partial charge on any atom is 0.442 e. The number of amides is 1. The van der Waals surface area contributed by atoms with E-state index in [1.165, 1.54) is 19.2 Å². The third-order valence-electron chi connectivity index (χ3n) is 4.28. The maximum absolute atomic E-state index is 14.1. The number of aromatic nitrogens is 2. The summed E-state index contributed by atoms with van der Waals surface area (Å²) in [6.07, 6.45) is -6.90. The number of nitrogens with one attached hydrogen (secondary N) is 3. The van der Waals surface area contributed by atoms with E-state index in [0.29, 0.717) is 11.4 Å². The lowest BCUT2D eigenvalue weighted by atomic mass is 10.1. The second-order valence-electron chi connectivity index (χ2n) is 7.04. The Labute approximate surface area is 199 Å². The lowest BCUT2D eigenvalue weighted by Gasteiger charge is -2.34. The zero-order chi connectivity index (χ0) is 26.4. The van der Waals surface area contributed by atoms with E-state index in [0.717, 1.165) is 24.3 Å². The van der Waals surface area contributed by atoms with Crippen molar-refractivity contribution >= 4 is 33.7 Å². The van der Waals surface area contributed by atoms with Crippen molar-refractivity contribution in [2.45, 2.75) is 44.4 Å². The lowest BCUT2D eigenvalue weighted by Crippen LogP contribution is -2.69. The number of rotatable bonds is 9. The molecule has 1 unspecified atom stereocenters. The summed E-state index contributed by atoms with van der Waals surface area (Å²) in [6.45, 7) is 5.28. The SMILES string of the molecule is CCOC(=O)NC(Nc1ccc(S(=O)(=O)Nc2nc(C)cc(C)n2)cc1)(C(=O)OCC)C(F)(F)F. The number of benzene rings is 1. The number of hydrogen-bond acceptors (Lipinski definition) is 9. The number of anilines is 2. The van der Waals surface area contributed by atoms with Gasteiger partial charge in [-0.3, -0.25) is 5.32 Å². The number of carbonyl (C=O) groups is 2. The topological polar surface area (TPSA) is 149 Å². The molecule has 2 aromatic rings. The molecule has 0 aliphatic carbocycles. The Morgan fingerprint density at radius 1 is 0.971 bits per heavy atom. The molecule has 35 heavy (non-hydrogen) atoms. The molecule has 0 spiro atoms. The monoisotopic (exact) mass is 519 g/mol. The van der Waals surface area contributed by atoms with Crippen molar-refractivity contribution < 1.29 is 40.7 Å². The van der Waals surface area contributed by atoms with Crippen LogP contribution in [0.25, 0.3) is 0 Å². The molecule has 0 radical (unpaired) electrons. The quantitative estimate of drug-likeness (QED) is 0.336. The van der Waals surface area contributed by atoms with Crippen molar-refractivity contribution in [2.24, 2.45) is 0 Å². The predicted octanol–water partition coefficient (Wildman–Crippen LogP) is 2.87. The van der Waals surface area contributed by atoms with Gasteiger partial charge >= 0.3 is 23.9 Å². The standard InChI is InChI=1S/C20H24F3N5O6S/c1-5-33-16(29)19(20(21,22)23,27-18(30)34-6-2)26-14-7-9-15(10-8-14)35(31,32)28-17-24-12(3)11-13(4)25-17/h7-11,26H,5-6H2,1-4H3,(H,27,30)(H,24,25,28). The van der Waals surface area contributed by atoms with Gasteiger partial charge in [0.1, 0.15) is 0 Å². The summed E-state index contributed by atoms with van der Waals surface area (Å²) in [7, 11) is -4.19. The van der Waals surface area contributed by atoms with Crippen LogP contribution in [0.1, 0.15) is 25.2 Å². The van der Waals surface area contributed by atoms with Gasteiger partial charge in [0.25, 0.3) is 10.0 Å². The first-order valence-corrected chi connectivity index (χ1v) is 11.6. The second-order valence-corrected chi connectivity index (χ2v) is 8.73. The molecule has 15 heteroatoms. The van der Waals surface area contributed by atoms with E-state index in [1.807, 2.05) is 5.32 Å². The molecular weight excluding hydrogens is 495 g/mol. The molecule has 1 atom stereocenters. The minimum atomic E-state index is -5.38. The number of halogens is 3. The van der Waals surface area contributed by atoms with Gasteiger partial charge in [0, 0.05) is 17.1 Å². The van der Waals surface area contributed by atoms with Gasteiger partial charge in [0.2, 0.25) is 5.95 Å². The van der Waals surface area contributed by atoms with Crippen LogP contribution in [0.4, 0.5) is 29.6 Å². The highest BCUT2D eigenvalue weighted by atomic mass is 32.2. The Morgan fingerprint density at radius 2 is 1.51 bits per heavy atom. The number of alkyl halides is 3. The van der Waals surface area contributed by atoms with Crippen molar-refractivity contribution in [3.05, 3.63) is 41.7 Å². The Hall–Kier alpha value is -3.62. The number of aryl methyl sites for hydroxylation is 2. The van der Waals surface area contributed by atoms with Crippen LogP contribution in [0.3, 0.4) is 0 Å². The lowest BCUT2D eigenvalue weighted by molar-refractivity contribution is -0.205. The van der Waals surface area contributed by atoms with Gasteiger partial charge in [-0.15, -0.1) is 0 Å². The summed E-state index contributed by atoms with van der Waals surface area (Å²) in [5, 5.41) is 3.37. The normalized spacial score (nSPS) is 13.3. The summed E-state index contributed by atoms with van der Waals surface area (Å²) < 4.78 is 78.7. The van der Waals surface area contributed by atoms with Gasteiger partial charge in [-0.25, -0.2) is 32.7 Å². The van der Waals surface area contributed by atoms with E-state index in [-0.39, 0.29) is 23.1 Å². The summed E-state index contributed by atoms with van der Waals surface area (Å²) in [5.41, 5.74) is -3.02. The fraction of sp³-hybridized carbons (Fsp3) is 0.400. The number of ether oxygens (including phenoxy) is 2. The van der Waals surface area contributed by atoms with Crippen LogP contribution in [0.5, 0.6) is 0 Å². The van der Waals surface area contributed by atoms with E-state index >= 15 is 0 Å². The van der Waals surface area contributed by atoms with Gasteiger partial charge < -0.3 is 14.8 Å². The van der Waals surface area contributed by atoms with Crippen LogP contribution in [-0.2, 0) is 24.3 Å². The Morgan fingerprint density at radius 3 is 2.00 bits per heavy atom. The Balaban J connectivity index is 2.39. The first-order chi connectivity index (χ1) is 16.2. The number of sulfonamides is 1. The van der Waals surface area contributed by atoms with E-state index in [4.69, 9.17) is 0 Å². The van der Waals surface area contributed by atoms with Crippen molar-refractivity contribution in [3.63, 3.8) is 0 Å². The van der Waals surface area contributed by atoms with Crippen molar-refractivity contribution in [3.8, 4) is 0 Å². The summed E-state index contributed by atoms with van der Waals surface area (Å²) in [5.74, 6) is -2.02. The smallest absolute Gasteiger partial charge is 0.442 e. The molecule has 1 aromatic carbocycles. The maximum atomic E-state index is 14.1. The van der Waals surface area contributed by atoms with Crippen LogP contribution in [0, 0.1) is 13.8 Å². The summed E-state index contributed by atoms with van der Waals surface area (Å²) in [6, 6.07) is 5.57. The number of alkyl carbamates (subject to hydrolysis) is 1. The third kappa shape index (κ3) is 6.71. The molecule has 0 aliphatic heterocycles. The van der Waals surface area contributed by atoms with E-state index in [9.17, 15) is 31.2 Å². The average molecular weight is 520 g/mol. The molecule has 0 saturated heterocycles. The van der Waals surface area contributed by atoms with E-state index < -0.39 is 40.5 Å². The summed E-state index contributed by atoms with van der Waals surface area (Å²) >= 11 is 0. The molecule has 0 saturated carbocycles. The van der Waals surface area contributed by atoms with Crippen molar-refractivity contribution in [1.82, 2.24) is 15.3 Å². The van der Waals surface area contributed by atoms with Crippen LogP contribution < -0.4 is 15.4 Å². The van der Waals surface area contributed by atoms with Gasteiger partial charge in [0.15, 0.2) is 0 Å². The fourth-order valence-electron chi connectivity index (χ4n) is 2.84.